The molecule has 0 saturated carbocycles. The molecule has 2 fully saturated rings. The first-order valence-corrected chi connectivity index (χ1v) is 11.8. The van der Waals surface area contributed by atoms with Crippen LogP contribution in [0.1, 0.15) is 12.5 Å². The highest BCUT2D eigenvalue weighted by atomic mass is 16.5. The number of hydrogen-bond acceptors (Lipinski definition) is 7. The van der Waals surface area contributed by atoms with E-state index in [1.165, 1.54) is 0 Å². The molecule has 4 heterocycles. The summed E-state index contributed by atoms with van der Waals surface area (Å²) < 4.78 is 18.8. The van der Waals surface area contributed by atoms with Crippen LogP contribution in [0.4, 0.5) is 5.82 Å². The van der Waals surface area contributed by atoms with Crippen LogP contribution >= 0.6 is 0 Å². The van der Waals surface area contributed by atoms with Crippen molar-refractivity contribution in [2.45, 2.75) is 13.5 Å². The van der Waals surface area contributed by atoms with Crippen LogP contribution in [-0.2, 0) is 18.3 Å². The summed E-state index contributed by atoms with van der Waals surface area (Å²) in [4.78, 5) is 22.2. The molecular formula is C26H32N4O4. The number of pyridine rings is 2. The number of likely N-dealkylation sites (tertiary alicyclic amines) is 1. The van der Waals surface area contributed by atoms with Crippen LogP contribution < -0.4 is 19.9 Å². The van der Waals surface area contributed by atoms with E-state index in [2.05, 4.69) is 27.8 Å². The minimum atomic E-state index is -0.0748. The third kappa shape index (κ3) is 4.12. The first-order valence-electron chi connectivity index (χ1n) is 11.8. The van der Waals surface area contributed by atoms with Crippen molar-refractivity contribution in [2.75, 3.05) is 58.5 Å². The van der Waals surface area contributed by atoms with Gasteiger partial charge in [0.2, 0.25) is 0 Å². The van der Waals surface area contributed by atoms with Crippen molar-refractivity contribution in [1.82, 2.24) is 14.5 Å². The standard InChI is InChI=1S/C26H32N4O4/c1-17-13-29(14-17)15-18-9-24(33-4)20(10-23(18)32-3)22-16-28(2)26(31)21-12-27-25(11-19(21)22)30-5-7-34-8-6-30/h9-12,16-17H,5-8,13-15H2,1-4H3. The second-order valence-corrected chi connectivity index (χ2v) is 9.31. The molecule has 0 atom stereocenters. The third-order valence-corrected chi connectivity index (χ3v) is 6.81. The van der Waals surface area contributed by atoms with Crippen LogP contribution in [0, 0.1) is 5.92 Å². The summed E-state index contributed by atoms with van der Waals surface area (Å²) >= 11 is 0. The summed E-state index contributed by atoms with van der Waals surface area (Å²) in [6.45, 7) is 8.17. The van der Waals surface area contributed by atoms with Gasteiger partial charge in [-0.05, 0) is 24.1 Å². The van der Waals surface area contributed by atoms with Crippen LogP contribution in [0.2, 0.25) is 0 Å². The molecule has 8 heteroatoms. The van der Waals surface area contributed by atoms with Crippen molar-refractivity contribution in [2.24, 2.45) is 13.0 Å². The first kappa shape index (κ1) is 22.7. The predicted octanol–water partition coefficient (Wildman–Crippen LogP) is 2.91. The van der Waals surface area contributed by atoms with E-state index in [1.807, 2.05) is 18.3 Å². The molecule has 34 heavy (non-hydrogen) atoms. The van der Waals surface area contributed by atoms with Crippen LogP contribution in [0.15, 0.2) is 35.4 Å². The number of nitrogens with zero attached hydrogens (tertiary/aromatic N) is 4. The first-order chi connectivity index (χ1) is 16.5. The number of aryl methyl sites for hydroxylation is 1. The summed E-state index contributed by atoms with van der Waals surface area (Å²) in [5.74, 6) is 3.16. The van der Waals surface area contributed by atoms with Gasteiger partial charge < -0.3 is 23.7 Å². The van der Waals surface area contributed by atoms with Gasteiger partial charge >= 0.3 is 0 Å². The smallest absolute Gasteiger partial charge is 0.259 e. The van der Waals surface area contributed by atoms with Gasteiger partial charge in [0, 0.05) is 74.2 Å². The van der Waals surface area contributed by atoms with Gasteiger partial charge in [0.1, 0.15) is 17.3 Å². The summed E-state index contributed by atoms with van der Waals surface area (Å²) in [7, 11) is 5.16. The molecule has 180 valence electrons. The Kier molecular flexibility index (Phi) is 6.18. The van der Waals surface area contributed by atoms with Gasteiger partial charge in [0.25, 0.3) is 5.56 Å². The Morgan fingerprint density at radius 2 is 1.76 bits per heavy atom. The van der Waals surface area contributed by atoms with E-state index in [4.69, 9.17) is 14.2 Å². The number of anilines is 1. The van der Waals surface area contributed by atoms with Gasteiger partial charge in [0.15, 0.2) is 0 Å². The topological polar surface area (TPSA) is 69.1 Å². The van der Waals surface area contributed by atoms with Crippen LogP contribution in [0.3, 0.4) is 0 Å². The molecule has 1 aromatic carbocycles. The minimum Gasteiger partial charge on any atom is -0.496 e. The number of hydrogen-bond donors (Lipinski definition) is 0. The molecular weight excluding hydrogens is 432 g/mol. The molecule has 8 nitrogen and oxygen atoms in total. The summed E-state index contributed by atoms with van der Waals surface area (Å²) in [5, 5.41) is 1.43. The van der Waals surface area contributed by atoms with Gasteiger partial charge in [-0.1, -0.05) is 6.92 Å². The average Bonchev–Trinajstić information content (AvgIpc) is 2.85. The van der Waals surface area contributed by atoms with Crippen molar-refractivity contribution < 1.29 is 14.2 Å². The van der Waals surface area contributed by atoms with Gasteiger partial charge in [-0.25, -0.2) is 4.98 Å². The fraction of sp³-hybridized carbons (Fsp3) is 0.462. The molecule has 0 bridgehead atoms. The van der Waals surface area contributed by atoms with E-state index in [-0.39, 0.29) is 5.56 Å². The molecule has 0 amide bonds. The highest BCUT2D eigenvalue weighted by molar-refractivity contribution is 5.98. The lowest BCUT2D eigenvalue weighted by Crippen LogP contribution is -2.44. The zero-order chi connectivity index (χ0) is 23.8. The number of methoxy groups -OCH3 is 2. The van der Waals surface area contributed by atoms with Gasteiger partial charge in [-0.2, -0.15) is 0 Å². The van der Waals surface area contributed by atoms with E-state index >= 15 is 0 Å². The lowest BCUT2D eigenvalue weighted by Gasteiger charge is -2.37. The second-order valence-electron chi connectivity index (χ2n) is 9.31. The summed E-state index contributed by atoms with van der Waals surface area (Å²) in [5.41, 5.74) is 2.82. The Morgan fingerprint density at radius 3 is 2.44 bits per heavy atom. The van der Waals surface area contributed by atoms with Crippen molar-refractivity contribution in [3.05, 3.63) is 46.5 Å². The Morgan fingerprint density at radius 1 is 1.03 bits per heavy atom. The number of rotatable bonds is 6. The predicted molar refractivity (Wildman–Crippen MR) is 133 cm³/mol. The summed E-state index contributed by atoms with van der Waals surface area (Å²) in [6.07, 6.45) is 3.57. The van der Waals surface area contributed by atoms with Crippen LogP contribution in [0.5, 0.6) is 11.5 Å². The molecule has 2 aliphatic rings. The maximum absolute atomic E-state index is 12.9. The lowest BCUT2D eigenvalue weighted by atomic mass is 9.97. The number of ether oxygens (including phenoxy) is 3. The number of fused-ring (bicyclic) bond motifs is 1. The molecule has 2 saturated heterocycles. The second kappa shape index (κ2) is 9.27. The maximum Gasteiger partial charge on any atom is 0.259 e. The molecule has 0 radical (unpaired) electrons. The molecule has 0 spiro atoms. The Hall–Kier alpha value is -3.10. The van der Waals surface area contributed by atoms with E-state index in [1.54, 1.807) is 32.0 Å². The van der Waals surface area contributed by atoms with Crippen molar-refractivity contribution in [3.63, 3.8) is 0 Å². The maximum atomic E-state index is 12.9. The van der Waals surface area contributed by atoms with E-state index in [0.717, 1.165) is 78.0 Å². The third-order valence-electron chi connectivity index (χ3n) is 6.81. The van der Waals surface area contributed by atoms with E-state index in [0.29, 0.717) is 18.6 Å². The van der Waals surface area contributed by atoms with Gasteiger partial charge in [-0.3, -0.25) is 9.69 Å². The quantitative estimate of drug-likeness (QED) is 0.556. The Balaban J connectivity index is 1.64. The van der Waals surface area contributed by atoms with Crippen molar-refractivity contribution in [1.29, 1.82) is 0 Å². The van der Waals surface area contributed by atoms with Crippen LogP contribution in [-0.4, -0.2) is 68.1 Å². The van der Waals surface area contributed by atoms with Crippen molar-refractivity contribution in [3.8, 4) is 22.6 Å². The van der Waals surface area contributed by atoms with Crippen molar-refractivity contribution >= 4 is 16.6 Å². The Bertz CT molecular complexity index is 1260. The minimum absolute atomic E-state index is 0.0748. The van der Waals surface area contributed by atoms with E-state index < -0.39 is 0 Å². The monoisotopic (exact) mass is 464 g/mol. The summed E-state index contributed by atoms with van der Waals surface area (Å²) in [6, 6.07) is 6.11. The highest BCUT2D eigenvalue weighted by Crippen LogP contribution is 2.40. The van der Waals surface area contributed by atoms with E-state index in [9.17, 15) is 4.79 Å². The van der Waals surface area contributed by atoms with Gasteiger partial charge in [0.05, 0.1) is 32.8 Å². The average molecular weight is 465 g/mol. The largest absolute Gasteiger partial charge is 0.496 e. The fourth-order valence-corrected chi connectivity index (χ4v) is 5.02. The number of aromatic nitrogens is 2. The molecule has 5 rings (SSSR count). The fourth-order valence-electron chi connectivity index (χ4n) is 5.02. The molecule has 2 aliphatic heterocycles. The number of benzene rings is 1. The molecule has 3 aromatic rings. The van der Waals surface area contributed by atoms with Gasteiger partial charge in [-0.15, -0.1) is 0 Å². The molecule has 0 unspecified atom stereocenters. The molecule has 0 N–H and O–H groups in total. The zero-order valence-electron chi connectivity index (χ0n) is 20.3. The molecule has 2 aromatic heterocycles. The number of morpholine rings is 1. The van der Waals surface area contributed by atoms with Crippen LogP contribution in [0.25, 0.3) is 21.9 Å². The lowest BCUT2D eigenvalue weighted by molar-refractivity contribution is 0.104. The zero-order valence-corrected chi connectivity index (χ0v) is 20.3. The molecule has 0 aliphatic carbocycles. The highest BCUT2D eigenvalue weighted by Gasteiger charge is 2.25. The normalized spacial score (nSPS) is 17.1. The SMILES string of the molecule is COc1cc(-c2cn(C)c(=O)c3cnc(N4CCOCC4)cc23)c(OC)cc1CN1CC(C)C1. The Labute approximate surface area is 199 Å².